The van der Waals surface area contributed by atoms with Gasteiger partial charge in [0.25, 0.3) is 0 Å². The number of methoxy groups -OCH3 is 1. The van der Waals surface area contributed by atoms with Gasteiger partial charge in [-0.15, -0.1) is 11.8 Å². The van der Waals surface area contributed by atoms with Gasteiger partial charge in [0.2, 0.25) is 15.3 Å². The van der Waals surface area contributed by atoms with E-state index in [1.54, 1.807) is 30.5 Å². The Hall–Kier alpha value is -0.820. The fourth-order valence-corrected chi connectivity index (χ4v) is 4.54. The maximum atomic E-state index is 12.6. The number of amides is 2. The predicted octanol–water partition coefficient (Wildman–Crippen LogP) is -2.44. The SMILES string of the molecule is COC(=O)C1(SC)c2ccccc2C2CN1C(=O)N2OS(=O)(=O)[O-].[Na+]. The van der Waals surface area contributed by atoms with E-state index in [9.17, 15) is 22.6 Å². The zero-order valence-electron chi connectivity index (χ0n) is 13.7. The number of benzene rings is 1. The average molecular weight is 396 g/mol. The summed E-state index contributed by atoms with van der Waals surface area (Å²) in [6.45, 7) is -0.0126. The maximum Gasteiger partial charge on any atom is 1.00 e. The van der Waals surface area contributed by atoms with Gasteiger partial charge in [0.05, 0.1) is 13.7 Å². The van der Waals surface area contributed by atoms with Gasteiger partial charge in [-0.1, -0.05) is 24.3 Å². The molecule has 0 radical (unpaired) electrons. The molecular formula is C13H13N2NaO7S2. The summed E-state index contributed by atoms with van der Waals surface area (Å²) < 4.78 is 42.1. The Morgan fingerprint density at radius 3 is 2.60 bits per heavy atom. The van der Waals surface area contributed by atoms with E-state index in [-0.39, 0.29) is 36.1 Å². The standard InChI is InChI=1S/C13H14N2O7S2.Na/c1-21-11(16)13(23-2)9-6-4-3-5-8(9)10-7-14(13)12(17)15(10)22-24(18,19)20;/h3-6,10H,7H2,1-2H3,(H,18,19,20);/q;+1/p-1. The van der Waals surface area contributed by atoms with E-state index >= 15 is 0 Å². The average Bonchev–Trinajstić information content (AvgIpc) is 2.82. The summed E-state index contributed by atoms with van der Waals surface area (Å²) in [5.74, 6) is -0.680. The van der Waals surface area contributed by atoms with E-state index in [0.717, 1.165) is 16.7 Å². The number of hydrogen-bond acceptors (Lipinski definition) is 8. The fourth-order valence-electron chi connectivity index (χ4n) is 3.15. The second kappa shape index (κ2) is 7.06. The summed E-state index contributed by atoms with van der Waals surface area (Å²) in [5, 5.41) is 0.502. The largest absolute Gasteiger partial charge is 1.00 e. The van der Waals surface area contributed by atoms with E-state index in [4.69, 9.17) is 4.74 Å². The topological polar surface area (TPSA) is 116 Å². The molecule has 3 rings (SSSR count). The Morgan fingerprint density at radius 1 is 1.40 bits per heavy atom. The molecule has 0 N–H and O–H groups in total. The van der Waals surface area contributed by atoms with Crippen LogP contribution in [-0.4, -0.2) is 54.8 Å². The van der Waals surface area contributed by atoms with Crippen LogP contribution in [0.5, 0.6) is 0 Å². The number of esters is 1. The number of rotatable bonds is 4. The van der Waals surface area contributed by atoms with Gasteiger partial charge in [-0.05, 0) is 11.8 Å². The molecule has 1 saturated heterocycles. The maximum absolute atomic E-state index is 12.6. The van der Waals surface area contributed by atoms with Gasteiger partial charge in [-0.25, -0.2) is 18.0 Å². The van der Waals surface area contributed by atoms with Crippen molar-refractivity contribution in [3.8, 4) is 0 Å². The van der Waals surface area contributed by atoms with Crippen molar-refractivity contribution < 1.29 is 61.1 Å². The molecule has 2 aliphatic rings. The van der Waals surface area contributed by atoms with Crippen molar-refractivity contribution in [1.82, 2.24) is 9.96 Å². The van der Waals surface area contributed by atoms with Crippen molar-refractivity contribution in [3.63, 3.8) is 0 Å². The van der Waals surface area contributed by atoms with Crippen LogP contribution >= 0.6 is 11.8 Å². The number of hydrogen-bond donors (Lipinski definition) is 0. The van der Waals surface area contributed by atoms with Crippen LogP contribution in [0, 0.1) is 0 Å². The van der Waals surface area contributed by atoms with E-state index in [1.165, 1.54) is 7.11 Å². The van der Waals surface area contributed by atoms with Crippen molar-refractivity contribution in [2.75, 3.05) is 19.9 Å². The smallest absolute Gasteiger partial charge is 0.724 e. The minimum Gasteiger partial charge on any atom is -0.724 e. The van der Waals surface area contributed by atoms with Crippen LogP contribution in [-0.2, 0) is 29.1 Å². The zero-order valence-corrected chi connectivity index (χ0v) is 17.3. The van der Waals surface area contributed by atoms with Crippen LogP contribution in [0.3, 0.4) is 0 Å². The summed E-state index contributed by atoms with van der Waals surface area (Å²) >= 11 is 1.07. The van der Waals surface area contributed by atoms with Crippen molar-refractivity contribution in [3.05, 3.63) is 35.4 Å². The minimum atomic E-state index is -5.15. The Morgan fingerprint density at radius 2 is 2.04 bits per heavy atom. The minimum absolute atomic E-state index is 0. The van der Waals surface area contributed by atoms with Gasteiger partial charge in [0.15, 0.2) is 0 Å². The quantitative estimate of drug-likeness (QED) is 0.239. The van der Waals surface area contributed by atoms with Crippen LogP contribution in [0.4, 0.5) is 4.79 Å². The molecule has 2 amide bonds. The van der Waals surface area contributed by atoms with E-state index in [2.05, 4.69) is 4.28 Å². The summed E-state index contributed by atoms with van der Waals surface area (Å²) in [7, 11) is -3.95. The zero-order chi connectivity index (χ0) is 17.7. The molecule has 9 nitrogen and oxygen atoms in total. The monoisotopic (exact) mass is 396 g/mol. The number of nitrogens with zero attached hydrogens (tertiary/aromatic N) is 2. The molecular weight excluding hydrogens is 383 g/mol. The summed E-state index contributed by atoms with van der Waals surface area (Å²) in [6.07, 6.45) is 1.63. The van der Waals surface area contributed by atoms with Gasteiger partial charge in [-0.3, -0.25) is 4.90 Å². The van der Waals surface area contributed by atoms with Gasteiger partial charge >= 0.3 is 41.6 Å². The number of carbonyl (C=O) groups is 2. The van der Waals surface area contributed by atoms with Crippen LogP contribution in [0.15, 0.2) is 24.3 Å². The van der Waals surface area contributed by atoms with Crippen LogP contribution in [0.1, 0.15) is 17.2 Å². The van der Waals surface area contributed by atoms with E-state index in [0.29, 0.717) is 16.2 Å². The van der Waals surface area contributed by atoms with E-state index < -0.39 is 33.3 Å². The van der Waals surface area contributed by atoms with Gasteiger partial charge < -0.3 is 9.29 Å². The summed E-state index contributed by atoms with van der Waals surface area (Å²) in [6, 6.07) is 4.97. The third-order valence-electron chi connectivity index (χ3n) is 4.05. The number of urea groups is 1. The molecule has 130 valence electrons. The second-order valence-corrected chi connectivity index (χ2v) is 7.11. The first-order valence-corrected chi connectivity index (χ1v) is 9.31. The Balaban J connectivity index is 0.00000225. The first-order chi connectivity index (χ1) is 11.3. The molecule has 1 aromatic carbocycles. The molecule has 25 heavy (non-hydrogen) atoms. The molecule has 0 saturated carbocycles. The third kappa shape index (κ3) is 3.07. The fraction of sp³-hybridized carbons (Fsp3) is 0.385. The molecule has 0 aromatic heterocycles. The number of fused-ring (bicyclic) bond motifs is 4. The normalized spacial score (nSPS) is 24.6. The van der Waals surface area contributed by atoms with Gasteiger partial charge in [0.1, 0.15) is 6.04 Å². The van der Waals surface area contributed by atoms with Crippen molar-refractivity contribution >= 4 is 34.2 Å². The second-order valence-electron chi connectivity index (χ2n) is 5.14. The van der Waals surface area contributed by atoms with Gasteiger partial charge in [0, 0.05) is 5.56 Å². The van der Waals surface area contributed by atoms with Crippen molar-refractivity contribution in [2.24, 2.45) is 0 Å². The molecule has 2 bridgehead atoms. The number of ether oxygens (including phenoxy) is 1. The van der Waals surface area contributed by atoms with Crippen LogP contribution in [0.2, 0.25) is 0 Å². The summed E-state index contributed by atoms with van der Waals surface area (Å²) in [5.41, 5.74) is 1.01. The Labute approximate surface area is 170 Å². The Kier molecular flexibility index (Phi) is 5.79. The molecule has 2 heterocycles. The molecule has 0 aliphatic carbocycles. The Bertz CT molecular complexity index is 818. The molecule has 12 heteroatoms. The molecule has 0 spiro atoms. The van der Waals surface area contributed by atoms with Crippen LogP contribution < -0.4 is 29.6 Å². The first-order valence-electron chi connectivity index (χ1n) is 6.75. The molecule has 2 atom stereocenters. The first kappa shape index (κ1) is 20.5. The molecule has 2 unspecified atom stereocenters. The van der Waals surface area contributed by atoms with Gasteiger partial charge in [-0.2, -0.15) is 9.35 Å². The number of thioether (sulfide) groups is 1. The molecule has 2 aliphatic heterocycles. The van der Waals surface area contributed by atoms with Crippen LogP contribution in [0.25, 0.3) is 0 Å². The molecule has 1 aromatic rings. The van der Waals surface area contributed by atoms with Crippen molar-refractivity contribution in [2.45, 2.75) is 10.9 Å². The van der Waals surface area contributed by atoms with E-state index in [1.807, 2.05) is 0 Å². The summed E-state index contributed by atoms with van der Waals surface area (Å²) in [4.78, 5) is 24.8. The predicted molar refractivity (Wildman–Crippen MR) is 81.1 cm³/mol. The number of hydroxylamine groups is 2. The number of carbonyl (C=O) groups excluding carboxylic acids is 2. The van der Waals surface area contributed by atoms with Crippen molar-refractivity contribution in [1.29, 1.82) is 0 Å². The molecule has 1 fully saturated rings. The third-order valence-corrected chi connectivity index (χ3v) is 5.59.